The van der Waals surface area contributed by atoms with Crippen LogP contribution in [0.5, 0.6) is 5.75 Å². The average Bonchev–Trinajstić information content (AvgIpc) is 2.79. The zero-order valence-corrected chi connectivity index (χ0v) is 19.5. The number of hydrogen-bond acceptors (Lipinski definition) is 7. The van der Waals surface area contributed by atoms with Crippen LogP contribution in [-0.2, 0) is 4.79 Å². The second-order valence-electron chi connectivity index (χ2n) is 7.49. The summed E-state index contributed by atoms with van der Waals surface area (Å²) in [6, 6.07) is 12.1. The summed E-state index contributed by atoms with van der Waals surface area (Å²) < 4.78 is 5.13. The van der Waals surface area contributed by atoms with Crippen molar-refractivity contribution in [2.75, 3.05) is 43.5 Å². The van der Waals surface area contributed by atoms with E-state index in [0.29, 0.717) is 13.1 Å². The lowest BCUT2D eigenvalue weighted by Crippen LogP contribution is -2.44. The predicted octanol–water partition coefficient (Wildman–Crippen LogP) is 3.81. The van der Waals surface area contributed by atoms with Crippen molar-refractivity contribution in [3.8, 4) is 11.8 Å². The largest absolute Gasteiger partial charge is 0.494 e. The Morgan fingerprint density at radius 2 is 1.91 bits per heavy atom. The summed E-state index contributed by atoms with van der Waals surface area (Å²) >= 11 is 0. The molecule has 0 bridgehead atoms. The first-order valence-corrected chi connectivity index (χ1v) is 10.1. The first kappa shape index (κ1) is 25.5. The summed E-state index contributed by atoms with van der Waals surface area (Å²) in [6.07, 6.45) is 1.56. The number of nitro groups is 1. The molecule has 174 valence electrons. The molecule has 1 amide bonds. The molecule has 33 heavy (non-hydrogen) atoms. The normalized spacial score (nSPS) is 13.6. The van der Waals surface area contributed by atoms with Crippen molar-refractivity contribution in [1.82, 2.24) is 4.90 Å². The average molecular weight is 472 g/mol. The van der Waals surface area contributed by atoms with Gasteiger partial charge in [0.05, 0.1) is 23.8 Å². The molecule has 2 aromatic rings. The molecule has 1 aliphatic heterocycles. The summed E-state index contributed by atoms with van der Waals surface area (Å²) in [5.41, 5.74) is 3.75. The summed E-state index contributed by atoms with van der Waals surface area (Å²) in [5, 5.41) is 23.0. The number of nitrogens with one attached hydrogen (secondary N) is 1. The number of carbonyl (C=O) groups excluding carboxylic acids is 1. The van der Waals surface area contributed by atoms with Crippen LogP contribution in [0.4, 0.5) is 17.1 Å². The van der Waals surface area contributed by atoms with Gasteiger partial charge in [-0.15, -0.1) is 12.4 Å². The lowest BCUT2D eigenvalue weighted by atomic mass is 10.1. The summed E-state index contributed by atoms with van der Waals surface area (Å²) in [4.78, 5) is 27.3. The number of piperazine rings is 1. The molecule has 9 nitrogen and oxygen atoms in total. The third-order valence-corrected chi connectivity index (χ3v) is 5.55. The van der Waals surface area contributed by atoms with Gasteiger partial charge in [0.15, 0.2) is 0 Å². The first-order valence-electron chi connectivity index (χ1n) is 10.1. The number of anilines is 2. The van der Waals surface area contributed by atoms with Crippen LogP contribution in [-0.4, -0.2) is 49.0 Å². The molecule has 3 rings (SSSR count). The van der Waals surface area contributed by atoms with E-state index in [-0.39, 0.29) is 35.1 Å². The van der Waals surface area contributed by atoms with Crippen molar-refractivity contribution >= 4 is 35.4 Å². The van der Waals surface area contributed by atoms with Crippen molar-refractivity contribution in [2.45, 2.75) is 13.8 Å². The van der Waals surface area contributed by atoms with Crippen LogP contribution >= 0.6 is 12.4 Å². The van der Waals surface area contributed by atoms with Crippen molar-refractivity contribution in [3.63, 3.8) is 0 Å². The number of aryl methyl sites for hydroxylation is 1. The molecular weight excluding hydrogens is 446 g/mol. The van der Waals surface area contributed by atoms with Gasteiger partial charge in [-0.25, -0.2) is 0 Å². The van der Waals surface area contributed by atoms with E-state index in [4.69, 9.17) is 4.74 Å². The van der Waals surface area contributed by atoms with Gasteiger partial charge >= 0.3 is 0 Å². The third-order valence-electron chi connectivity index (χ3n) is 5.55. The zero-order chi connectivity index (χ0) is 23.3. The van der Waals surface area contributed by atoms with Crippen LogP contribution in [0, 0.1) is 35.3 Å². The Balaban J connectivity index is 0.00000385. The van der Waals surface area contributed by atoms with Gasteiger partial charge in [0.2, 0.25) is 0 Å². The monoisotopic (exact) mass is 471 g/mol. The molecule has 1 heterocycles. The Morgan fingerprint density at radius 3 is 2.52 bits per heavy atom. The molecule has 0 atom stereocenters. The number of hydrogen-bond donors (Lipinski definition) is 1. The smallest absolute Gasteiger partial charge is 0.273 e. The van der Waals surface area contributed by atoms with Gasteiger partial charge < -0.3 is 19.9 Å². The number of halogens is 1. The van der Waals surface area contributed by atoms with Crippen molar-refractivity contribution in [2.24, 2.45) is 0 Å². The minimum Gasteiger partial charge on any atom is -0.494 e. The topological polar surface area (TPSA) is 112 Å². The number of nitriles is 1. The van der Waals surface area contributed by atoms with Crippen LogP contribution in [0.2, 0.25) is 0 Å². The fourth-order valence-corrected chi connectivity index (χ4v) is 3.58. The summed E-state index contributed by atoms with van der Waals surface area (Å²) in [6.45, 7) is 7.10. The van der Waals surface area contributed by atoms with Gasteiger partial charge in [0.25, 0.3) is 11.6 Å². The Morgan fingerprint density at radius 1 is 1.21 bits per heavy atom. The maximum absolute atomic E-state index is 12.6. The predicted molar refractivity (Wildman–Crippen MR) is 129 cm³/mol. The van der Waals surface area contributed by atoms with Crippen molar-refractivity contribution < 1.29 is 14.5 Å². The highest BCUT2D eigenvalue weighted by molar-refractivity contribution is 6.07. The number of rotatable bonds is 6. The van der Waals surface area contributed by atoms with Crippen LogP contribution in [0.15, 0.2) is 48.2 Å². The molecule has 1 aliphatic rings. The van der Waals surface area contributed by atoms with E-state index < -0.39 is 10.8 Å². The first-order chi connectivity index (χ1) is 15.3. The second kappa shape index (κ2) is 11.2. The minimum atomic E-state index is -0.600. The van der Waals surface area contributed by atoms with Crippen LogP contribution in [0.1, 0.15) is 11.1 Å². The second-order valence-corrected chi connectivity index (χ2v) is 7.49. The SMILES string of the molecule is COc1cc([N+](=O)[O-])ccc1NC(=O)/C(C#N)=C\N1CCN(c2cccc(C)c2C)CC1.Cl. The van der Waals surface area contributed by atoms with Gasteiger partial charge in [0.1, 0.15) is 17.4 Å². The molecule has 10 heteroatoms. The maximum Gasteiger partial charge on any atom is 0.273 e. The molecule has 0 aromatic heterocycles. The molecule has 0 radical (unpaired) electrons. The number of nitro benzene ring substituents is 1. The molecule has 1 saturated heterocycles. The fourth-order valence-electron chi connectivity index (χ4n) is 3.58. The number of nitrogens with zero attached hydrogens (tertiary/aromatic N) is 4. The van der Waals surface area contributed by atoms with E-state index in [1.165, 1.54) is 42.1 Å². The van der Waals surface area contributed by atoms with Gasteiger partial charge in [-0.3, -0.25) is 14.9 Å². The number of ether oxygens (including phenoxy) is 1. The highest BCUT2D eigenvalue weighted by Gasteiger charge is 2.20. The molecular formula is C23H26ClN5O4. The minimum absolute atomic E-state index is 0. The maximum atomic E-state index is 12.6. The van der Waals surface area contributed by atoms with E-state index in [1.54, 1.807) is 6.20 Å². The van der Waals surface area contributed by atoms with E-state index in [1.807, 2.05) is 11.0 Å². The van der Waals surface area contributed by atoms with E-state index >= 15 is 0 Å². The van der Waals surface area contributed by atoms with Gasteiger partial charge in [-0.05, 0) is 37.1 Å². The standard InChI is InChI=1S/C23H25N5O4.ClH/c1-16-5-4-6-21(17(16)2)27-11-9-26(10-12-27)15-18(14-24)23(29)25-20-8-7-19(28(30)31)13-22(20)32-3;/h4-8,13,15H,9-12H2,1-3H3,(H,25,29);1H/b18-15-;. The fraction of sp³-hybridized carbons (Fsp3) is 0.304. The van der Waals surface area contributed by atoms with Crippen molar-refractivity contribution in [1.29, 1.82) is 5.26 Å². The van der Waals surface area contributed by atoms with E-state index in [9.17, 15) is 20.2 Å². The Kier molecular flexibility index (Phi) is 8.65. The molecule has 1 fully saturated rings. The quantitative estimate of drug-likeness (QED) is 0.295. The Bertz CT molecular complexity index is 1100. The van der Waals surface area contributed by atoms with Gasteiger partial charge in [-0.1, -0.05) is 12.1 Å². The molecule has 0 saturated carbocycles. The van der Waals surface area contributed by atoms with Gasteiger partial charge in [0, 0.05) is 44.1 Å². The number of carbonyl (C=O) groups is 1. The zero-order valence-electron chi connectivity index (χ0n) is 18.7. The Labute approximate surface area is 198 Å². The molecule has 0 spiro atoms. The number of non-ortho nitro benzene ring substituents is 1. The molecule has 2 aromatic carbocycles. The van der Waals surface area contributed by atoms with Crippen LogP contribution < -0.4 is 15.0 Å². The lowest BCUT2D eigenvalue weighted by molar-refractivity contribution is -0.384. The van der Waals surface area contributed by atoms with E-state index in [0.717, 1.165) is 13.1 Å². The van der Waals surface area contributed by atoms with Crippen LogP contribution in [0.3, 0.4) is 0 Å². The lowest BCUT2D eigenvalue weighted by Gasteiger charge is -2.36. The highest BCUT2D eigenvalue weighted by atomic mass is 35.5. The van der Waals surface area contributed by atoms with E-state index in [2.05, 4.69) is 42.3 Å². The number of benzene rings is 2. The highest BCUT2D eigenvalue weighted by Crippen LogP contribution is 2.29. The molecule has 1 N–H and O–H groups in total. The summed E-state index contributed by atoms with van der Waals surface area (Å²) in [7, 11) is 1.35. The summed E-state index contributed by atoms with van der Waals surface area (Å²) in [5.74, 6) is -0.455. The van der Waals surface area contributed by atoms with Crippen LogP contribution in [0.25, 0.3) is 0 Å². The van der Waals surface area contributed by atoms with Gasteiger partial charge in [-0.2, -0.15) is 5.26 Å². The molecule has 0 aliphatic carbocycles. The number of methoxy groups -OCH3 is 1. The van der Waals surface area contributed by atoms with Crippen molar-refractivity contribution in [3.05, 3.63) is 69.4 Å². The number of amides is 1. The Hall–Kier alpha value is -3.77. The third kappa shape index (κ3) is 5.93. The molecule has 0 unspecified atom stereocenters.